The van der Waals surface area contributed by atoms with E-state index in [-0.39, 0.29) is 11.8 Å². The molecule has 1 N–H and O–H groups in total. The number of hydrogen-bond acceptors (Lipinski definition) is 6. The van der Waals surface area contributed by atoms with E-state index in [1.54, 1.807) is 0 Å². The van der Waals surface area contributed by atoms with Crippen molar-refractivity contribution < 1.29 is 9.59 Å². The van der Waals surface area contributed by atoms with Gasteiger partial charge in [0.05, 0.1) is 6.54 Å². The van der Waals surface area contributed by atoms with Gasteiger partial charge in [0, 0.05) is 51.2 Å². The summed E-state index contributed by atoms with van der Waals surface area (Å²) >= 11 is 1.46. The molecule has 1 aromatic heterocycles. The van der Waals surface area contributed by atoms with Crippen LogP contribution in [0.5, 0.6) is 0 Å². The Hall–Kier alpha value is -1.67. The molecule has 0 aliphatic carbocycles. The van der Waals surface area contributed by atoms with Crippen molar-refractivity contribution >= 4 is 28.3 Å². The normalized spacial score (nSPS) is 15.1. The van der Waals surface area contributed by atoms with Crippen LogP contribution in [0, 0.1) is 0 Å². The van der Waals surface area contributed by atoms with Crippen molar-refractivity contribution in [2.45, 2.75) is 33.6 Å². The molecule has 0 bridgehead atoms. The van der Waals surface area contributed by atoms with Gasteiger partial charge < -0.3 is 15.1 Å². The first-order valence-electron chi connectivity index (χ1n) is 9.57. The SMILES string of the molecule is CCCN(CCC)C(=O)CN1CCN(C(=O)c2csc(NCC)n2)CC1. The summed E-state index contributed by atoms with van der Waals surface area (Å²) in [7, 11) is 0. The summed E-state index contributed by atoms with van der Waals surface area (Å²) in [6.07, 6.45) is 1.97. The van der Waals surface area contributed by atoms with Gasteiger partial charge in [0.25, 0.3) is 5.91 Å². The van der Waals surface area contributed by atoms with Crippen LogP contribution in [0.4, 0.5) is 5.13 Å². The number of rotatable bonds is 9. The highest BCUT2D eigenvalue weighted by Crippen LogP contribution is 2.17. The Morgan fingerprint density at radius 2 is 1.81 bits per heavy atom. The Balaban J connectivity index is 1.82. The largest absolute Gasteiger partial charge is 0.362 e. The Bertz CT molecular complexity index is 578. The van der Waals surface area contributed by atoms with E-state index in [9.17, 15) is 9.59 Å². The zero-order chi connectivity index (χ0) is 18.9. The molecular weight excluding hydrogens is 350 g/mol. The van der Waals surface area contributed by atoms with Crippen LogP contribution in [0.3, 0.4) is 0 Å². The number of anilines is 1. The van der Waals surface area contributed by atoms with Crippen molar-refractivity contribution in [2.24, 2.45) is 0 Å². The molecule has 0 unspecified atom stereocenters. The van der Waals surface area contributed by atoms with Gasteiger partial charge in [0.1, 0.15) is 5.69 Å². The van der Waals surface area contributed by atoms with Crippen LogP contribution in [0.1, 0.15) is 44.1 Å². The molecule has 26 heavy (non-hydrogen) atoms. The molecule has 1 fully saturated rings. The van der Waals surface area contributed by atoms with Crippen molar-refractivity contribution in [1.29, 1.82) is 0 Å². The lowest BCUT2D eigenvalue weighted by atomic mass is 10.2. The molecule has 0 aromatic carbocycles. The fourth-order valence-electron chi connectivity index (χ4n) is 3.07. The average molecular weight is 382 g/mol. The summed E-state index contributed by atoms with van der Waals surface area (Å²) in [5.74, 6) is 0.179. The van der Waals surface area contributed by atoms with E-state index in [1.165, 1.54) is 11.3 Å². The first-order valence-corrected chi connectivity index (χ1v) is 10.5. The fourth-order valence-corrected chi connectivity index (χ4v) is 3.82. The number of carbonyl (C=O) groups excluding carboxylic acids is 2. The molecule has 0 radical (unpaired) electrons. The molecule has 2 rings (SSSR count). The highest BCUT2D eigenvalue weighted by molar-refractivity contribution is 7.13. The predicted molar refractivity (Wildman–Crippen MR) is 106 cm³/mol. The van der Waals surface area contributed by atoms with E-state index < -0.39 is 0 Å². The predicted octanol–water partition coefficient (Wildman–Crippen LogP) is 1.98. The second-order valence-electron chi connectivity index (χ2n) is 6.52. The average Bonchev–Trinajstić information content (AvgIpc) is 3.10. The number of nitrogens with one attached hydrogen (secondary N) is 1. The lowest BCUT2D eigenvalue weighted by Gasteiger charge is -2.35. The lowest BCUT2D eigenvalue weighted by molar-refractivity contribution is -0.132. The minimum atomic E-state index is -0.0185. The third kappa shape index (κ3) is 5.67. The third-order valence-corrected chi connectivity index (χ3v) is 5.21. The molecule has 1 aliphatic rings. The minimum Gasteiger partial charge on any atom is -0.362 e. The highest BCUT2D eigenvalue weighted by atomic mass is 32.1. The second kappa shape index (κ2) is 10.5. The van der Waals surface area contributed by atoms with Crippen molar-refractivity contribution in [3.8, 4) is 0 Å². The van der Waals surface area contributed by atoms with Crippen molar-refractivity contribution in [2.75, 3.05) is 57.7 Å². The smallest absolute Gasteiger partial charge is 0.273 e. The zero-order valence-corrected chi connectivity index (χ0v) is 17.0. The van der Waals surface area contributed by atoms with Crippen molar-refractivity contribution in [1.82, 2.24) is 19.7 Å². The number of piperazine rings is 1. The molecular formula is C18H31N5O2S. The number of aromatic nitrogens is 1. The van der Waals surface area contributed by atoms with Crippen LogP contribution in [-0.2, 0) is 4.79 Å². The molecule has 2 amide bonds. The van der Waals surface area contributed by atoms with Gasteiger partial charge in [0.15, 0.2) is 5.13 Å². The van der Waals surface area contributed by atoms with Gasteiger partial charge in [-0.25, -0.2) is 4.98 Å². The van der Waals surface area contributed by atoms with Gasteiger partial charge in [-0.3, -0.25) is 14.5 Å². The molecule has 0 spiro atoms. The summed E-state index contributed by atoms with van der Waals surface area (Å²) < 4.78 is 0. The van der Waals surface area contributed by atoms with Crippen LogP contribution in [0.15, 0.2) is 5.38 Å². The van der Waals surface area contributed by atoms with Gasteiger partial charge in [-0.15, -0.1) is 11.3 Å². The lowest BCUT2D eigenvalue weighted by Crippen LogP contribution is -2.51. The molecule has 1 aromatic rings. The van der Waals surface area contributed by atoms with Crippen molar-refractivity contribution in [3.05, 3.63) is 11.1 Å². The summed E-state index contributed by atoms with van der Waals surface area (Å²) in [6, 6.07) is 0. The van der Waals surface area contributed by atoms with Gasteiger partial charge in [-0.2, -0.15) is 0 Å². The number of hydrogen-bond donors (Lipinski definition) is 1. The van der Waals surface area contributed by atoms with Crippen LogP contribution >= 0.6 is 11.3 Å². The Morgan fingerprint density at radius 3 is 2.38 bits per heavy atom. The molecule has 1 saturated heterocycles. The van der Waals surface area contributed by atoms with Gasteiger partial charge in [-0.1, -0.05) is 13.8 Å². The molecule has 1 aliphatic heterocycles. The van der Waals surface area contributed by atoms with Crippen LogP contribution in [0.2, 0.25) is 0 Å². The number of carbonyl (C=O) groups is 2. The summed E-state index contributed by atoms with van der Waals surface area (Å²) in [4.78, 5) is 35.3. The molecule has 8 heteroatoms. The van der Waals surface area contributed by atoms with E-state index >= 15 is 0 Å². The quantitative estimate of drug-likeness (QED) is 0.708. The third-order valence-electron chi connectivity index (χ3n) is 4.41. The zero-order valence-electron chi connectivity index (χ0n) is 16.2. The van der Waals surface area contributed by atoms with E-state index in [1.807, 2.05) is 22.1 Å². The van der Waals surface area contributed by atoms with Crippen LogP contribution in [-0.4, -0.2) is 83.9 Å². The summed E-state index contributed by atoms with van der Waals surface area (Å²) in [6.45, 7) is 11.8. The number of nitrogens with zero attached hydrogens (tertiary/aromatic N) is 4. The second-order valence-corrected chi connectivity index (χ2v) is 7.38. The summed E-state index contributed by atoms with van der Waals surface area (Å²) in [5.41, 5.74) is 0.507. The van der Waals surface area contributed by atoms with Gasteiger partial charge in [0.2, 0.25) is 5.91 Å². The molecule has 146 valence electrons. The van der Waals surface area contributed by atoms with Crippen molar-refractivity contribution in [3.63, 3.8) is 0 Å². The maximum atomic E-state index is 12.6. The van der Waals surface area contributed by atoms with E-state index in [2.05, 4.69) is 29.0 Å². The first-order chi connectivity index (χ1) is 12.6. The highest BCUT2D eigenvalue weighted by Gasteiger charge is 2.25. The maximum Gasteiger partial charge on any atom is 0.273 e. The molecule has 0 atom stereocenters. The maximum absolute atomic E-state index is 12.6. The van der Waals surface area contributed by atoms with E-state index in [4.69, 9.17) is 0 Å². The monoisotopic (exact) mass is 381 g/mol. The van der Waals surface area contributed by atoms with Crippen LogP contribution < -0.4 is 5.32 Å². The molecule has 2 heterocycles. The van der Waals surface area contributed by atoms with Gasteiger partial charge in [-0.05, 0) is 19.8 Å². The molecule has 7 nitrogen and oxygen atoms in total. The molecule has 0 saturated carbocycles. The Morgan fingerprint density at radius 1 is 1.15 bits per heavy atom. The fraction of sp³-hybridized carbons (Fsp3) is 0.722. The topological polar surface area (TPSA) is 68.8 Å². The number of amides is 2. The minimum absolute atomic E-state index is 0.0185. The van der Waals surface area contributed by atoms with E-state index in [0.29, 0.717) is 25.3 Å². The first kappa shape index (κ1) is 20.6. The van der Waals surface area contributed by atoms with Crippen LogP contribution in [0.25, 0.3) is 0 Å². The van der Waals surface area contributed by atoms with E-state index in [0.717, 1.165) is 50.7 Å². The number of thiazole rings is 1. The Labute approximate surface area is 160 Å². The Kier molecular flexibility index (Phi) is 8.31. The standard InChI is InChI=1S/C18H31N5O2S/c1-4-7-22(8-5-2)16(24)13-21-9-11-23(12-10-21)17(25)15-14-26-18(20-15)19-6-3/h14H,4-13H2,1-3H3,(H,19,20). The summed E-state index contributed by atoms with van der Waals surface area (Å²) in [5, 5.41) is 5.73. The van der Waals surface area contributed by atoms with Gasteiger partial charge >= 0.3 is 0 Å².